The molecular formula is C22H19Cl2NO. The minimum atomic E-state index is 0.107. The molecule has 2 nitrogen and oxygen atoms in total. The molecule has 2 bridgehead atoms. The Hall–Kier alpha value is -1.87. The summed E-state index contributed by atoms with van der Waals surface area (Å²) in [6, 6.07) is 15.6. The Morgan fingerprint density at radius 1 is 0.846 bits per heavy atom. The third-order valence-electron chi connectivity index (χ3n) is 5.37. The maximum absolute atomic E-state index is 13.3. The zero-order chi connectivity index (χ0) is 18.3. The molecule has 2 saturated heterocycles. The summed E-state index contributed by atoms with van der Waals surface area (Å²) >= 11 is 12.6. The number of fused-ring (bicyclic) bond motifs is 2. The highest BCUT2D eigenvalue weighted by atomic mass is 35.5. The highest BCUT2D eigenvalue weighted by molar-refractivity contribution is 6.33. The molecule has 2 heterocycles. The van der Waals surface area contributed by atoms with Crippen LogP contribution >= 0.6 is 23.2 Å². The first-order valence-electron chi connectivity index (χ1n) is 8.75. The molecular weight excluding hydrogens is 365 g/mol. The minimum absolute atomic E-state index is 0.107. The summed E-state index contributed by atoms with van der Waals surface area (Å²) < 4.78 is 0. The standard InChI is InChI=1S/C22H19Cl2NO/c1-25-20-10-11-21(25)17(13-15-7-3-5-9-19(15)24)22(26)16(20)12-14-6-2-4-8-18(14)23/h2-9,12-13,20-21H,10-11H2,1H3/b16-12+,17-13+. The van der Waals surface area contributed by atoms with Gasteiger partial charge >= 0.3 is 0 Å². The van der Waals surface area contributed by atoms with Crippen molar-refractivity contribution < 1.29 is 4.79 Å². The molecule has 2 unspecified atom stereocenters. The summed E-state index contributed by atoms with van der Waals surface area (Å²) in [6.45, 7) is 0. The summed E-state index contributed by atoms with van der Waals surface area (Å²) in [5, 5.41) is 1.32. The average molecular weight is 384 g/mol. The molecule has 0 N–H and O–H groups in total. The number of carbonyl (C=O) groups excluding carboxylic acids is 1. The van der Waals surface area contributed by atoms with Crippen molar-refractivity contribution >= 4 is 41.1 Å². The Morgan fingerprint density at radius 2 is 1.27 bits per heavy atom. The lowest BCUT2D eigenvalue weighted by Crippen LogP contribution is -2.43. The van der Waals surface area contributed by atoms with Crippen molar-refractivity contribution in [1.82, 2.24) is 4.90 Å². The van der Waals surface area contributed by atoms with E-state index in [1.165, 1.54) is 0 Å². The number of Topliss-reactive ketones (excluding diaryl/α,β-unsaturated/α-hetero) is 1. The fraction of sp³-hybridized carbons (Fsp3) is 0.227. The molecule has 0 aromatic heterocycles. The third kappa shape index (κ3) is 3.03. The summed E-state index contributed by atoms with van der Waals surface area (Å²) in [5.74, 6) is 0.107. The van der Waals surface area contributed by atoms with E-state index in [4.69, 9.17) is 23.2 Å². The number of hydrogen-bond acceptors (Lipinski definition) is 2. The maximum Gasteiger partial charge on any atom is 0.188 e. The van der Waals surface area contributed by atoms with Crippen LogP contribution < -0.4 is 0 Å². The number of benzene rings is 2. The number of carbonyl (C=O) groups is 1. The van der Waals surface area contributed by atoms with Crippen molar-refractivity contribution in [2.45, 2.75) is 24.9 Å². The normalized spacial score (nSPS) is 26.0. The zero-order valence-electron chi connectivity index (χ0n) is 14.5. The highest BCUT2D eigenvalue weighted by Gasteiger charge is 2.44. The predicted octanol–water partition coefficient (Wildman–Crippen LogP) is 5.51. The number of likely N-dealkylation sites (N-methyl/N-ethyl adjacent to an activating group) is 1. The summed E-state index contributed by atoms with van der Waals surface area (Å²) in [4.78, 5) is 15.6. The molecule has 2 aliphatic rings. The number of rotatable bonds is 2. The summed E-state index contributed by atoms with van der Waals surface area (Å²) in [6.07, 6.45) is 5.85. The molecule has 4 heteroatoms. The van der Waals surface area contributed by atoms with Crippen LogP contribution in [-0.2, 0) is 4.79 Å². The summed E-state index contributed by atoms with van der Waals surface area (Å²) in [5.41, 5.74) is 3.39. The molecule has 2 aliphatic heterocycles. The van der Waals surface area contributed by atoms with Crippen molar-refractivity contribution in [3.05, 3.63) is 80.8 Å². The highest BCUT2D eigenvalue weighted by Crippen LogP contribution is 2.41. The van der Waals surface area contributed by atoms with E-state index >= 15 is 0 Å². The van der Waals surface area contributed by atoms with Crippen molar-refractivity contribution in [3.8, 4) is 0 Å². The van der Waals surface area contributed by atoms with Crippen LogP contribution in [0.2, 0.25) is 10.0 Å². The molecule has 2 fully saturated rings. The molecule has 2 atom stereocenters. The van der Waals surface area contributed by atoms with E-state index in [0.29, 0.717) is 10.0 Å². The van der Waals surface area contributed by atoms with Crippen LogP contribution in [0.15, 0.2) is 59.7 Å². The first-order chi connectivity index (χ1) is 12.6. The second-order valence-corrected chi connectivity index (χ2v) is 7.66. The molecule has 0 saturated carbocycles. The Kier molecular flexibility index (Phi) is 4.74. The Morgan fingerprint density at radius 3 is 1.69 bits per heavy atom. The lowest BCUT2D eigenvalue weighted by Gasteiger charge is -2.34. The van der Waals surface area contributed by atoms with Gasteiger partial charge in [0.25, 0.3) is 0 Å². The molecule has 132 valence electrons. The molecule has 2 aromatic rings. The van der Waals surface area contributed by atoms with Crippen LogP contribution in [0.1, 0.15) is 24.0 Å². The van der Waals surface area contributed by atoms with E-state index in [2.05, 4.69) is 11.9 Å². The van der Waals surface area contributed by atoms with Crippen molar-refractivity contribution in [2.24, 2.45) is 0 Å². The minimum Gasteiger partial charge on any atom is -0.292 e. The lowest BCUT2D eigenvalue weighted by atomic mass is 9.88. The van der Waals surface area contributed by atoms with Gasteiger partial charge in [0.1, 0.15) is 0 Å². The molecule has 0 spiro atoms. The van der Waals surface area contributed by atoms with Crippen LogP contribution in [0.4, 0.5) is 0 Å². The molecule has 4 rings (SSSR count). The zero-order valence-corrected chi connectivity index (χ0v) is 16.0. The number of piperidine rings is 1. The monoisotopic (exact) mass is 383 g/mol. The number of nitrogens with zero attached hydrogens (tertiary/aromatic N) is 1. The number of hydrogen-bond donors (Lipinski definition) is 0. The SMILES string of the molecule is CN1C2CCC1/C(=C\c1ccccc1Cl)C(=O)/C2=C/c1ccccc1Cl. The number of ketones is 1. The van der Waals surface area contributed by atoms with Crippen LogP contribution in [0, 0.1) is 0 Å². The van der Waals surface area contributed by atoms with Gasteiger partial charge in [0.15, 0.2) is 5.78 Å². The van der Waals surface area contributed by atoms with Crippen molar-refractivity contribution in [2.75, 3.05) is 7.05 Å². The molecule has 26 heavy (non-hydrogen) atoms. The van der Waals surface area contributed by atoms with Gasteiger partial charge in [-0.15, -0.1) is 0 Å². The van der Waals surface area contributed by atoms with Crippen molar-refractivity contribution in [3.63, 3.8) is 0 Å². The van der Waals surface area contributed by atoms with Crippen LogP contribution in [-0.4, -0.2) is 29.8 Å². The molecule has 2 aromatic carbocycles. The van der Waals surface area contributed by atoms with E-state index in [9.17, 15) is 4.79 Å². The van der Waals surface area contributed by atoms with E-state index in [1.54, 1.807) is 0 Å². The van der Waals surface area contributed by atoms with Crippen LogP contribution in [0.5, 0.6) is 0 Å². The average Bonchev–Trinajstić information content (AvgIpc) is 2.94. The Bertz CT molecular complexity index is 858. The van der Waals surface area contributed by atoms with Crippen LogP contribution in [0.3, 0.4) is 0 Å². The first-order valence-corrected chi connectivity index (χ1v) is 9.50. The first kappa shape index (κ1) is 17.5. The maximum atomic E-state index is 13.3. The second kappa shape index (κ2) is 7.03. The molecule has 0 radical (unpaired) electrons. The molecule has 0 amide bonds. The topological polar surface area (TPSA) is 20.3 Å². The largest absolute Gasteiger partial charge is 0.292 e. The van der Waals surface area contributed by atoms with Crippen molar-refractivity contribution in [1.29, 1.82) is 0 Å². The quantitative estimate of drug-likeness (QED) is 0.637. The fourth-order valence-corrected chi connectivity index (χ4v) is 4.38. The van der Waals surface area contributed by atoms with Gasteiger partial charge in [-0.2, -0.15) is 0 Å². The number of halogens is 2. The van der Waals surface area contributed by atoms with E-state index in [0.717, 1.165) is 35.1 Å². The van der Waals surface area contributed by atoms with Gasteiger partial charge in [-0.05, 0) is 55.3 Å². The van der Waals surface area contributed by atoms with E-state index in [1.807, 2.05) is 60.7 Å². The predicted molar refractivity (Wildman–Crippen MR) is 108 cm³/mol. The molecule has 0 aliphatic carbocycles. The fourth-order valence-electron chi connectivity index (χ4n) is 4.00. The lowest BCUT2D eigenvalue weighted by molar-refractivity contribution is -0.114. The van der Waals surface area contributed by atoms with Gasteiger partial charge in [-0.3, -0.25) is 9.69 Å². The van der Waals surface area contributed by atoms with E-state index < -0.39 is 0 Å². The van der Waals surface area contributed by atoms with Gasteiger partial charge in [-0.25, -0.2) is 0 Å². The Balaban J connectivity index is 1.81. The van der Waals surface area contributed by atoms with Crippen LogP contribution in [0.25, 0.3) is 12.2 Å². The van der Waals surface area contributed by atoms with Gasteiger partial charge < -0.3 is 0 Å². The van der Waals surface area contributed by atoms with E-state index in [-0.39, 0.29) is 17.9 Å². The Labute approximate surface area is 163 Å². The van der Waals surface area contributed by atoms with Gasteiger partial charge in [0, 0.05) is 33.3 Å². The van der Waals surface area contributed by atoms with Gasteiger partial charge in [0.2, 0.25) is 0 Å². The third-order valence-corrected chi connectivity index (χ3v) is 6.06. The second-order valence-electron chi connectivity index (χ2n) is 6.85. The smallest absolute Gasteiger partial charge is 0.188 e. The van der Waals surface area contributed by atoms with Gasteiger partial charge in [-0.1, -0.05) is 59.6 Å². The summed E-state index contributed by atoms with van der Waals surface area (Å²) in [7, 11) is 2.09. The van der Waals surface area contributed by atoms with Gasteiger partial charge in [0.05, 0.1) is 0 Å².